The topological polar surface area (TPSA) is 96.2 Å². The molecule has 6 atom stereocenters. The van der Waals surface area contributed by atoms with Crippen molar-refractivity contribution in [2.45, 2.75) is 95.9 Å². The number of ether oxygens (including phenoxy) is 1. The summed E-state index contributed by atoms with van der Waals surface area (Å²) in [5.41, 5.74) is -1.91. The fourth-order valence-electron chi connectivity index (χ4n) is 4.99. The number of aliphatic hydroxyl groups is 3. The molecule has 2 aliphatic carbocycles. The summed E-state index contributed by atoms with van der Waals surface area (Å²) in [7, 11) is -2.36. The highest BCUT2D eigenvalue weighted by Crippen LogP contribution is 2.59. The number of carbonyl (C=O) groups excluding carboxylic acids is 1. The molecule has 0 aromatic heterocycles. The van der Waals surface area contributed by atoms with Crippen molar-refractivity contribution < 1.29 is 29.3 Å². The highest BCUT2D eigenvalue weighted by molar-refractivity contribution is 6.74. The van der Waals surface area contributed by atoms with Crippen LogP contribution in [0.3, 0.4) is 0 Å². The molecule has 0 radical (unpaired) electrons. The van der Waals surface area contributed by atoms with Gasteiger partial charge in [-0.15, -0.1) is 0 Å². The van der Waals surface area contributed by atoms with Crippen molar-refractivity contribution in [3.05, 3.63) is 48.0 Å². The SMILES string of the molecule is CC1(O)C=C[C@@](C)([C@@]2(COC(=O)c3ccccc3)C[C@@H](O)[C@@H](O)[C@@H]2O[Si](C)(C)C(C)(C)C)CC1. The van der Waals surface area contributed by atoms with E-state index in [2.05, 4.69) is 40.8 Å². The molecular formula is C27H42O6Si. The number of esters is 1. The summed E-state index contributed by atoms with van der Waals surface area (Å²) in [6.07, 6.45) is 2.30. The van der Waals surface area contributed by atoms with Crippen molar-refractivity contribution in [1.82, 2.24) is 0 Å². The first-order valence-electron chi connectivity index (χ1n) is 12.2. The molecule has 3 rings (SSSR count). The maximum absolute atomic E-state index is 12.9. The lowest BCUT2D eigenvalue weighted by Gasteiger charge is -2.53. The van der Waals surface area contributed by atoms with E-state index < -0.39 is 49.0 Å². The summed E-state index contributed by atoms with van der Waals surface area (Å²) >= 11 is 0. The summed E-state index contributed by atoms with van der Waals surface area (Å²) in [6.45, 7) is 14.5. The molecule has 1 saturated carbocycles. The molecule has 190 valence electrons. The van der Waals surface area contributed by atoms with E-state index in [0.717, 1.165) is 0 Å². The Hall–Kier alpha value is -1.51. The van der Waals surface area contributed by atoms with E-state index in [9.17, 15) is 20.1 Å². The first-order chi connectivity index (χ1) is 15.5. The predicted octanol–water partition coefficient (Wildman–Crippen LogP) is 4.45. The zero-order chi connectivity index (χ0) is 25.6. The fourth-order valence-corrected chi connectivity index (χ4v) is 6.34. The largest absolute Gasteiger partial charge is 0.461 e. The van der Waals surface area contributed by atoms with Gasteiger partial charge in [-0.1, -0.05) is 58.0 Å². The van der Waals surface area contributed by atoms with Crippen molar-refractivity contribution in [2.75, 3.05) is 6.61 Å². The van der Waals surface area contributed by atoms with Crippen LogP contribution in [0.5, 0.6) is 0 Å². The molecule has 3 N–H and O–H groups in total. The molecule has 34 heavy (non-hydrogen) atoms. The molecule has 0 bridgehead atoms. The van der Waals surface area contributed by atoms with Crippen molar-refractivity contribution in [3.63, 3.8) is 0 Å². The number of hydrogen-bond donors (Lipinski definition) is 3. The highest BCUT2D eigenvalue weighted by Gasteiger charge is 2.64. The van der Waals surface area contributed by atoms with Crippen LogP contribution in [0, 0.1) is 10.8 Å². The van der Waals surface area contributed by atoms with Gasteiger partial charge in [-0.25, -0.2) is 4.79 Å². The molecule has 1 fully saturated rings. The normalized spacial score (nSPS) is 36.5. The van der Waals surface area contributed by atoms with E-state index in [-0.39, 0.29) is 18.1 Å². The van der Waals surface area contributed by atoms with Gasteiger partial charge >= 0.3 is 5.97 Å². The van der Waals surface area contributed by atoms with Gasteiger partial charge in [-0.3, -0.25) is 0 Å². The first kappa shape index (κ1) is 27.1. The van der Waals surface area contributed by atoms with Gasteiger partial charge < -0.3 is 24.5 Å². The maximum atomic E-state index is 12.9. The van der Waals surface area contributed by atoms with Crippen molar-refractivity contribution in [2.24, 2.45) is 10.8 Å². The molecule has 1 aromatic carbocycles. The van der Waals surface area contributed by atoms with Crippen LogP contribution < -0.4 is 0 Å². The smallest absolute Gasteiger partial charge is 0.338 e. The molecular weight excluding hydrogens is 448 g/mol. The maximum Gasteiger partial charge on any atom is 0.338 e. The molecule has 0 saturated heterocycles. The highest BCUT2D eigenvalue weighted by atomic mass is 28.4. The van der Waals surface area contributed by atoms with E-state index in [1.165, 1.54) is 0 Å². The standard InChI is InChI=1S/C27H42O6Si/c1-24(2,3)34(6,7)33-22-21(29)20(28)17-27(22,25(4)13-15-26(5,31)16-14-25)18-32-23(30)19-11-9-8-10-12-19/h8-13,15,20-22,28-29,31H,14,16-18H2,1-7H3/t20-,21-,22+,25-,26?,27-/m1/s1. The third-order valence-electron chi connectivity index (χ3n) is 8.62. The fraction of sp³-hybridized carbons (Fsp3) is 0.667. The van der Waals surface area contributed by atoms with Crippen LogP contribution in [0.25, 0.3) is 0 Å². The molecule has 6 nitrogen and oxygen atoms in total. The van der Waals surface area contributed by atoms with E-state index >= 15 is 0 Å². The van der Waals surface area contributed by atoms with E-state index in [1.807, 2.05) is 12.1 Å². The second-order valence-electron chi connectivity index (χ2n) is 12.3. The van der Waals surface area contributed by atoms with Gasteiger partial charge in [-0.2, -0.15) is 0 Å². The van der Waals surface area contributed by atoms with Crippen LogP contribution in [0.4, 0.5) is 0 Å². The Balaban J connectivity index is 2.05. The Morgan fingerprint density at radius 1 is 1.09 bits per heavy atom. The van der Waals surface area contributed by atoms with Gasteiger partial charge in [0.15, 0.2) is 8.32 Å². The zero-order valence-corrected chi connectivity index (χ0v) is 22.7. The van der Waals surface area contributed by atoms with Gasteiger partial charge in [0.05, 0.1) is 23.4 Å². The van der Waals surface area contributed by atoms with Crippen LogP contribution in [0.15, 0.2) is 42.5 Å². The summed E-state index contributed by atoms with van der Waals surface area (Å²) in [6, 6.07) is 8.82. The second-order valence-corrected chi connectivity index (χ2v) is 17.0. The van der Waals surface area contributed by atoms with Crippen LogP contribution >= 0.6 is 0 Å². The minimum Gasteiger partial charge on any atom is -0.461 e. The monoisotopic (exact) mass is 490 g/mol. The van der Waals surface area contributed by atoms with E-state index in [4.69, 9.17) is 9.16 Å². The average molecular weight is 491 g/mol. The molecule has 0 heterocycles. The molecule has 0 spiro atoms. The van der Waals surface area contributed by atoms with Crippen molar-refractivity contribution in [3.8, 4) is 0 Å². The number of allylic oxidation sites excluding steroid dienone is 1. The van der Waals surface area contributed by atoms with Crippen molar-refractivity contribution in [1.29, 1.82) is 0 Å². The third kappa shape index (κ3) is 5.04. The number of aliphatic hydroxyl groups excluding tert-OH is 2. The Morgan fingerprint density at radius 3 is 2.24 bits per heavy atom. The summed E-state index contributed by atoms with van der Waals surface area (Å²) in [5, 5.41) is 32.5. The third-order valence-corrected chi connectivity index (χ3v) is 13.1. The summed E-state index contributed by atoms with van der Waals surface area (Å²) < 4.78 is 12.7. The average Bonchev–Trinajstić information content (AvgIpc) is 2.99. The lowest BCUT2D eigenvalue weighted by atomic mass is 9.57. The summed E-state index contributed by atoms with van der Waals surface area (Å²) in [5.74, 6) is -0.447. The number of hydrogen-bond acceptors (Lipinski definition) is 6. The zero-order valence-electron chi connectivity index (χ0n) is 21.7. The Kier molecular flexibility index (Phi) is 7.31. The number of carbonyl (C=O) groups is 1. The van der Waals surface area contributed by atoms with E-state index in [1.54, 1.807) is 37.3 Å². The van der Waals surface area contributed by atoms with E-state index in [0.29, 0.717) is 18.4 Å². The van der Waals surface area contributed by atoms with Gasteiger partial charge in [0.2, 0.25) is 0 Å². The van der Waals surface area contributed by atoms with Gasteiger partial charge in [0.25, 0.3) is 0 Å². The molecule has 1 aromatic rings. The molecule has 0 aliphatic heterocycles. The van der Waals surface area contributed by atoms with Crippen LogP contribution in [0.2, 0.25) is 18.1 Å². The number of benzene rings is 1. The summed E-state index contributed by atoms with van der Waals surface area (Å²) in [4.78, 5) is 12.9. The molecule has 2 aliphatic rings. The van der Waals surface area contributed by atoms with Crippen molar-refractivity contribution >= 4 is 14.3 Å². The minimum absolute atomic E-state index is 0.00286. The van der Waals surface area contributed by atoms with Gasteiger partial charge in [0, 0.05) is 5.41 Å². The molecule has 0 amide bonds. The Bertz CT molecular complexity index is 905. The van der Waals surface area contributed by atoms with Gasteiger partial charge in [0.1, 0.15) is 12.7 Å². The van der Waals surface area contributed by atoms with Crippen LogP contribution in [-0.4, -0.2) is 60.1 Å². The first-order valence-corrected chi connectivity index (χ1v) is 15.1. The quantitative estimate of drug-likeness (QED) is 0.310. The Morgan fingerprint density at radius 2 is 1.71 bits per heavy atom. The van der Waals surface area contributed by atoms with Crippen LogP contribution in [-0.2, 0) is 9.16 Å². The van der Waals surface area contributed by atoms with Gasteiger partial charge in [-0.05, 0) is 61.9 Å². The lowest BCUT2D eigenvalue weighted by Crippen LogP contribution is -2.57. The minimum atomic E-state index is -2.36. The lowest BCUT2D eigenvalue weighted by molar-refractivity contribution is -0.102. The molecule has 1 unspecified atom stereocenters. The van der Waals surface area contributed by atoms with Crippen LogP contribution in [0.1, 0.15) is 64.2 Å². The predicted molar refractivity (Wildman–Crippen MR) is 135 cm³/mol. The second kappa shape index (κ2) is 9.17. The Labute approximate surface area is 205 Å². The number of rotatable bonds is 6. The molecule has 7 heteroatoms.